The number of halogens is 1. The van der Waals surface area contributed by atoms with Gasteiger partial charge in [0.25, 0.3) is 5.56 Å². The zero-order valence-corrected chi connectivity index (χ0v) is 17.0. The number of hydrogen-bond donors (Lipinski definition) is 2. The first-order valence-corrected chi connectivity index (χ1v) is 10.1. The van der Waals surface area contributed by atoms with Crippen molar-refractivity contribution >= 4 is 34.4 Å². The summed E-state index contributed by atoms with van der Waals surface area (Å²) in [4.78, 5) is 32.1. The Morgan fingerprint density at radius 2 is 2.00 bits per heavy atom. The van der Waals surface area contributed by atoms with Gasteiger partial charge in [-0.15, -0.1) is 0 Å². The van der Waals surface area contributed by atoms with Crippen LogP contribution in [0.4, 0.5) is 10.1 Å². The monoisotopic (exact) mass is 423 g/mol. The van der Waals surface area contributed by atoms with Gasteiger partial charge in [0.05, 0.1) is 17.1 Å². The second-order valence-electron chi connectivity index (χ2n) is 6.71. The van der Waals surface area contributed by atoms with Gasteiger partial charge < -0.3 is 10.3 Å². The molecule has 0 aliphatic heterocycles. The van der Waals surface area contributed by atoms with Gasteiger partial charge in [-0.05, 0) is 43.7 Å². The molecule has 0 spiro atoms. The Bertz CT molecular complexity index is 1290. The van der Waals surface area contributed by atoms with Gasteiger partial charge in [-0.25, -0.2) is 14.1 Å². The van der Waals surface area contributed by atoms with Crippen LogP contribution in [0.3, 0.4) is 0 Å². The van der Waals surface area contributed by atoms with Crippen molar-refractivity contribution in [1.82, 2.24) is 19.7 Å². The van der Waals surface area contributed by atoms with Crippen molar-refractivity contribution in [3.63, 3.8) is 0 Å². The van der Waals surface area contributed by atoms with Gasteiger partial charge in [-0.2, -0.15) is 5.10 Å². The van der Waals surface area contributed by atoms with Crippen molar-refractivity contribution in [2.45, 2.75) is 24.3 Å². The number of aromatic amines is 1. The van der Waals surface area contributed by atoms with Gasteiger partial charge >= 0.3 is 0 Å². The van der Waals surface area contributed by atoms with Crippen LogP contribution in [0.1, 0.15) is 12.5 Å². The maximum absolute atomic E-state index is 13.7. The molecule has 2 aromatic carbocycles. The van der Waals surface area contributed by atoms with Gasteiger partial charge in [0.1, 0.15) is 11.2 Å². The molecule has 0 saturated heterocycles. The van der Waals surface area contributed by atoms with Crippen molar-refractivity contribution in [1.29, 1.82) is 0 Å². The molecule has 0 radical (unpaired) electrons. The SMILES string of the molecule is Cc1ccc(NC(=O)C(C)Sc2nc3c(cnn3-c3ccccc3)c(=O)[nH]2)cc1F. The highest BCUT2D eigenvalue weighted by molar-refractivity contribution is 8.00. The molecular weight excluding hydrogens is 405 g/mol. The van der Waals surface area contributed by atoms with Gasteiger partial charge in [0.2, 0.25) is 5.91 Å². The summed E-state index contributed by atoms with van der Waals surface area (Å²) in [5.74, 6) is -0.721. The number of H-pyrrole nitrogens is 1. The van der Waals surface area contributed by atoms with Gasteiger partial charge in [-0.1, -0.05) is 36.0 Å². The topological polar surface area (TPSA) is 92.7 Å². The molecule has 0 aliphatic rings. The third kappa shape index (κ3) is 3.97. The fourth-order valence-corrected chi connectivity index (χ4v) is 3.64. The van der Waals surface area contributed by atoms with Crippen molar-refractivity contribution in [3.05, 3.63) is 76.5 Å². The predicted octanol–water partition coefficient (Wildman–Crippen LogP) is 3.68. The van der Waals surface area contributed by atoms with E-state index in [9.17, 15) is 14.0 Å². The molecule has 1 unspecified atom stereocenters. The summed E-state index contributed by atoms with van der Waals surface area (Å²) in [6.07, 6.45) is 1.46. The third-order valence-electron chi connectivity index (χ3n) is 4.51. The fraction of sp³-hybridized carbons (Fsp3) is 0.143. The number of aromatic nitrogens is 4. The molecule has 4 rings (SSSR count). The highest BCUT2D eigenvalue weighted by atomic mass is 32.2. The molecule has 152 valence electrons. The number of hydrogen-bond acceptors (Lipinski definition) is 5. The highest BCUT2D eigenvalue weighted by Crippen LogP contribution is 2.23. The summed E-state index contributed by atoms with van der Waals surface area (Å²) >= 11 is 1.10. The first-order valence-electron chi connectivity index (χ1n) is 9.19. The summed E-state index contributed by atoms with van der Waals surface area (Å²) in [6, 6.07) is 13.8. The van der Waals surface area contributed by atoms with Crippen molar-refractivity contribution in [3.8, 4) is 5.69 Å². The maximum atomic E-state index is 13.7. The van der Waals surface area contributed by atoms with E-state index in [4.69, 9.17) is 0 Å². The second kappa shape index (κ2) is 8.11. The van der Waals surface area contributed by atoms with E-state index < -0.39 is 11.1 Å². The molecule has 1 atom stereocenters. The lowest BCUT2D eigenvalue weighted by atomic mass is 10.2. The van der Waals surface area contributed by atoms with Crippen LogP contribution in [0.25, 0.3) is 16.7 Å². The van der Waals surface area contributed by atoms with Crippen LogP contribution in [0.5, 0.6) is 0 Å². The van der Waals surface area contributed by atoms with Crippen LogP contribution in [0.2, 0.25) is 0 Å². The lowest BCUT2D eigenvalue weighted by Crippen LogP contribution is -2.23. The summed E-state index contributed by atoms with van der Waals surface area (Å²) in [5, 5.41) is 7.01. The smallest absolute Gasteiger partial charge is 0.262 e. The number of nitrogens with one attached hydrogen (secondary N) is 2. The van der Waals surface area contributed by atoms with Gasteiger partial charge in [-0.3, -0.25) is 9.59 Å². The number of benzene rings is 2. The van der Waals surface area contributed by atoms with E-state index in [-0.39, 0.29) is 11.5 Å². The molecule has 2 N–H and O–H groups in total. The van der Waals surface area contributed by atoms with Crippen LogP contribution < -0.4 is 10.9 Å². The molecule has 1 amide bonds. The Kier molecular flexibility index (Phi) is 5.37. The molecule has 0 bridgehead atoms. The molecule has 30 heavy (non-hydrogen) atoms. The predicted molar refractivity (Wildman–Crippen MR) is 115 cm³/mol. The Hall–Kier alpha value is -3.46. The minimum atomic E-state index is -0.580. The Balaban J connectivity index is 1.57. The molecule has 2 heterocycles. The first kappa shape index (κ1) is 19.8. The van der Waals surface area contributed by atoms with Crippen molar-refractivity contribution in [2.24, 2.45) is 0 Å². The Morgan fingerprint density at radius 3 is 2.73 bits per heavy atom. The second-order valence-corrected chi connectivity index (χ2v) is 8.04. The molecule has 0 fully saturated rings. The van der Waals surface area contributed by atoms with E-state index >= 15 is 0 Å². The number of para-hydroxylation sites is 1. The Morgan fingerprint density at radius 1 is 1.23 bits per heavy atom. The lowest BCUT2D eigenvalue weighted by molar-refractivity contribution is -0.115. The number of aryl methyl sites for hydroxylation is 1. The average Bonchev–Trinajstić information content (AvgIpc) is 3.16. The van der Waals surface area contributed by atoms with Crippen LogP contribution in [-0.2, 0) is 4.79 Å². The molecule has 0 aliphatic carbocycles. The summed E-state index contributed by atoms with van der Waals surface area (Å²) in [5.41, 5.74) is 1.71. The fourth-order valence-electron chi connectivity index (χ4n) is 2.85. The highest BCUT2D eigenvalue weighted by Gasteiger charge is 2.18. The number of thioether (sulfide) groups is 1. The van der Waals surface area contributed by atoms with Crippen molar-refractivity contribution < 1.29 is 9.18 Å². The van der Waals surface area contributed by atoms with Gasteiger partial charge in [0, 0.05) is 5.69 Å². The number of carbonyl (C=O) groups is 1. The minimum absolute atomic E-state index is 0.294. The average molecular weight is 423 g/mol. The first-order chi connectivity index (χ1) is 14.4. The zero-order valence-electron chi connectivity index (χ0n) is 16.2. The Labute approximate surface area is 175 Å². The number of rotatable bonds is 5. The molecular formula is C21H18FN5O2S. The maximum Gasteiger partial charge on any atom is 0.262 e. The summed E-state index contributed by atoms with van der Waals surface area (Å²) < 4.78 is 15.3. The number of fused-ring (bicyclic) bond motifs is 1. The largest absolute Gasteiger partial charge is 0.325 e. The standard InChI is InChI=1S/C21H18FN5O2S/c1-12-8-9-14(10-17(12)22)24-19(28)13(2)30-21-25-18-16(20(29)26-21)11-23-27(18)15-6-4-3-5-7-15/h3-11,13H,1-2H3,(H,24,28)(H,25,26,29). The molecule has 2 aromatic heterocycles. The summed E-state index contributed by atoms with van der Waals surface area (Å²) in [6.45, 7) is 3.33. The van der Waals surface area contributed by atoms with Gasteiger partial charge in [0.15, 0.2) is 10.8 Å². The molecule has 4 aromatic rings. The number of amides is 1. The third-order valence-corrected chi connectivity index (χ3v) is 5.50. The van der Waals surface area contributed by atoms with Crippen LogP contribution >= 0.6 is 11.8 Å². The van der Waals surface area contributed by atoms with Crippen LogP contribution in [0, 0.1) is 12.7 Å². The quantitative estimate of drug-likeness (QED) is 0.377. The molecule has 0 saturated carbocycles. The van der Waals surface area contributed by atoms with E-state index in [1.807, 2.05) is 30.3 Å². The van der Waals surface area contributed by atoms with Crippen molar-refractivity contribution in [2.75, 3.05) is 5.32 Å². The number of anilines is 1. The number of carbonyl (C=O) groups excluding carboxylic acids is 1. The van der Waals surface area contributed by atoms with Crippen LogP contribution in [-0.4, -0.2) is 30.9 Å². The zero-order chi connectivity index (χ0) is 21.3. The van der Waals surface area contributed by atoms with E-state index in [0.717, 1.165) is 17.4 Å². The van der Waals surface area contributed by atoms with E-state index in [1.54, 1.807) is 30.7 Å². The van der Waals surface area contributed by atoms with E-state index in [2.05, 4.69) is 20.4 Å². The molecule has 9 heteroatoms. The minimum Gasteiger partial charge on any atom is -0.325 e. The summed E-state index contributed by atoms with van der Waals surface area (Å²) in [7, 11) is 0. The van der Waals surface area contributed by atoms with E-state index in [1.165, 1.54) is 12.3 Å². The number of nitrogens with zero attached hydrogens (tertiary/aromatic N) is 3. The van der Waals surface area contributed by atoms with E-state index in [0.29, 0.717) is 27.4 Å². The van der Waals surface area contributed by atoms with Crippen LogP contribution in [0.15, 0.2) is 64.7 Å². The normalized spacial score (nSPS) is 12.1. The molecule has 7 nitrogen and oxygen atoms in total. The lowest BCUT2D eigenvalue weighted by Gasteiger charge is -2.12.